The molecule has 2 rings (SSSR count). The van der Waals surface area contributed by atoms with Gasteiger partial charge in [0.15, 0.2) is 6.10 Å². The first-order chi connectivity index (χ1) is 6.81. The van der Waals surface area contributed by atoms with Crippen LogP contribution in [0.2, 0.25) is 0 Å². The highest BCUT2D eigenvalue weighted by molar-refractivity contribution is 5.73. The first kappa shape index (κ1) is 9.05. The van der Waals surface area contributed by atoms with Crippen LogP contribution in [0.4, 0.5) is 0 Å². The molecule has 1 aliphatic heterocycles. The molecule has 0 aliphatic carbocycles. The number of nitrogens with zero attached hydrogens (tertiary/aromatic N) is 3. The number of ether oxygens (including phenoxy) is 1. The number of nitrogens with two attached hydrogens (primary N) is 1. The molecule has 1 aliphatic rings. The van der Waals surface area contributed by atoms with Crippen LogP contribution in [-0.4, -0.2) is 22.1 Å². The van der Waals surface area contributed by atoms with Gasteiger partial charge in [-0.1, -0.05) is 6.92 Å². The van der Waals surface area contributed by atoms with Gasteiger partial charge in [0.05, 0.1) is 24.8 Å². The fraction of sp³-hybridized carbons (Fsp3) is 0.556. The molecule has 0 saturated heterocycles. The number of hydrogen-bond acceptors (Lipinski definition) is 4. The molecule has 0 fully saturated rings. The maximum atomic E-state index is 5.45. The molecule has 1 unspecified atom stereocenters. The Bertz CT molecular complexity index is 344. The van der Waals surface area contributed by atoms with Crippen LogP contribution in [0.3, 0.4) is 0 Å². The zero-order valence-corrected chi connectivity index (χ0v) is 8.18. The third kappa shape index (κ3) is 1.57. The topological polar surface area (TPSA) is 65.4 Å². The summed E-state index contributed by atoms with van der Waals surface area (Å²) < 4.78 is 7.44. The van der Waals surface area contributed by atoms with Crippen molar-refractivity contribution in [1.29, 1.82) is 0 Å². The first-order valence-corrected chi connectivity index (χ1v) is 4.78. The highest BCUT2D eigenvalue weighted by atomic mass is 16.5. The molecule has 0 radical (unpaired) electrons. The molecule has 0 amide bonds. The first-order valence-electron chi connectivity index (χ1n) is 4.78. The van der Waals surface area contributed by atoms with Crippen LogP contribution in [-0.2, 0) is 11.3 Å². The SMILES string of the molecule is CCCn1cncc1C1CN=C(N)O1. The summed E-state index contributed by atoms with van der Waals surface area (Å²) in [4.78, 5) is 8.11. The molecule has 0 aromatic carbocycles. The number of imidazole rings is 1. The molecule has 5 heteroatoms. The van der Waals surface area contributed by atoms with Crippen molar-refractivity contribution in [2.45, 2.75) is 26.0 Å². The van der Waals surface area contributed by atoms with Crippen LogP contribution in [0.25, 0.3) is 0 Å². The van der Waals surface area contributed by atoms with Gasteiger partial charge < -0.3 is 15.0 Å². The Hall–Kier alpha value is -1.52. The molecule has 1 aromatic heterocycles. The van der Waals surface area contributed by atoms with E-state index >= 15 is 0 Å². The van der Waals surface area contributed by atoms with E-state index in [-0.39, 0.29) is 12.1 Å². The van der Waals surface area contributed by atoms with Crippen molar-refractivity contribution in [2.75, 3.05) is 6.54 Å². The van der Waals surface area contributed by atoms with Gasteiger partial charge in [-0.25, -0.2) is 9.98 Å². The van der Waals surface area contributed by atoms with Gasteiger partial charge in [0, 0.05) is 6.54 Å². The van der Waals surface area contributed by atoms with Crippen LogP contribution in [0, 0.1) is 0 Å². The monoisotopic (exact) mass is 194 g/mol. The van der Waals surface area contributed by atoms with E-state index in [9.17, 15) is 0 Å². The summed E-state index contributed by atoms with van der Waals surface area (Å²) in [5.74, 6) is 0. The van der Waals surface area contributed by atoms with Crippen LogP contribution in [0.1, 0.15) is 25.1 Å². The van der Waals surface area contributed by atoms with Gasteiger partial charge in [0.1, 0.15) is 0 Å². The Morgan fingerprint density at radius 2 is 2.57 bits per heavy atom. The second kappa shape index (κ2) is 3.69. The number of aromatic nitrogens is 2. The fourth-order valence-electron chi connectivity index (χ4n) is 1.57. The van der Waals surface area contributed by atoms with Crippen molar-refractivity contribution in [3.05, 3.63) is 18.2 Å². The van der Waals surface area contributed by atoms with Gasteiger partial charge >= 0.3 is 0 Å². The molecule has 0 spiro atoms. The van der Waals surface area contributed by atoms with Crippen LogP contribution < -0.4 is 5.73 Å². The summed E-state index contributed by atoms with van der Waals surface area (Å²) in [6, 6.07) is 0.277. The van der Waals surface area contributed by atoms with Gasteiger partial charge in [0.2, 0.25) is 0 Å². The van der Waals surface area contributed by atoms with Crippen LogP contribution in [0.5, 0.6) is 0 Å². The van der Waals surface area contributed by atoms with E-state index in [1.807, 2.05) is 12.5 Å². The lowest BCUT2D eigenvalue weighted by Crippen LogP contribution is -2.15. The molecule has 0 saturated carbocycles. The zero-order chi connectivity index (χ0) is 9.97. The molecular formula is C9H14N4O. The normalized spacial score (nSPS) is 20.6. The van der Waals surface area contributed by atoms with Gasteiger partial charge in [-0.2, -0.15) is 0 Å². The molecule has 2 heterocycles. The Morgan fingerprint density at radius 1 is 1.71 bits per heavy atom. The molecule has 5 nitrogen and oxygen atoms in total. The minimum Gasteiger partial charge on any atom is -0.454 e. The largest absolute Gasteiger partial charge is 0.454 e. The van der Waals surface area contributed by atoms with Crippen molar-refractivity contribution in [3.8, 4) is 0 Å². The highest BCUT2D eigenvalue weighted by Gasteiger charge is 2.22. The maximum Gasteiger partial charge on any atom is 0.282 e. The van der Waals surface area contributed by atoms with E-state index in [4.69, 9.17) is 10.5 Å². The molecule has 1 aromatic rings. The number of aryl methyl sites for hydroxylation is 1. The van der Waals surface area contributed by atoms with E-state index in [1.54, 1.807) is 0 Å². The van der Waals surface area contributed by atoms with Gasteiger partial charge in [-0.3, -0.25) is 0 Å². The summed E-state index contributed by atoms with van der Waals surface area (Å²) in [5.41, 5.74) is 6.51. The predicted molar refractivity (Wildman–Crippen MR) is 52.8 cm³/mol. The van der Waals surface area contributed by atoms with E-state index in [1.165, 1.54) is 0 Å². The predicted octanol–water partition coefficient (Wildman–Crippen LogP) is 0.679. The lowest BCUT2D eigenvalue weighted by molar-refractivity contribution is 0.215. The minimum absolute atomic E-state index is 0.0518. The molecule has 0 bridgehead atoms. The summed E-state index contributed by atoms with van der Waals surface area (Å²) >= 11 is 0. The average Bonchev–Trinajstić information content (AvgIpc) is 2.74. The van der Waals surface area contributed by atoms with E-state index in [0.29, 0.717) is 6.54 Å². The average molecular weight is 194 g/mol. The zero-order valence-electron chi connectivity index (χ0n) is 8.18. The third-order valence-electron chi connectivity index (χ3n) is 2.21. The standard InChI is InChI=1S/C9H14N4O/c1-2-3-13-6-11-4-7(13)8-5-12-9(10)14-8/h4,6,8H,2-3,5H2,1H3,(H2,10,12). The maximum absolute atomic E-state index is 5.45. The van der Waals surface area contributed by atoms with Gasteiger partial charge in [-0.15, -0.1) is 0 Å². The Kier molecular flexibility index (Phi) is 2.39. The number of rotatable bonds is 3. The number of amidine groups is 1. The fourth-order valence-corrected chi connectivity index (χ4v) is 1.57. The van der Waals surface area contributed by atoms with Crippen molar-refractivity contribution in [1.82, 2.24) is 9.55 Å². The Labute approximate surface area is 82.6 Å². The van der Waals surface area contributed by atoms with Crippen molar-refractivity contribution >= 4 is 6.02 Å². The van der Waals surface area contributed by atoms with E-state index < -0.39 is 0 Å². The van der Waals surface area contributed by atoms with Crippen molar-refractivity contribution in [3.63, 3.8) is 0 Å². The summed E-state index contributed by atoms with van der Waals surface area (Å²) in [5, 5.41) is 0. The highest BCUT2D eigenvalue weighted by Crippen LogP contribution is 2.21. The van der Waals surface area contributed by atoms with Crippen molar-refractivity contribution < 1.29 is 4.74 Å². The molecule has 14 heavy (non-hydrogen) atoms. The Morgan fingerprint density at radius 3 is 3.21 bits per heavy atom. The molecule has 2 N–H and O–H groups in total. The molecular weight excluding hydrogens is 180 g/mol. The second-order valence-electron chi connectivity index (χ2n) is 3.30. The lowest BCUT2D eigenvalue weighted by atomic mass is 10.2. The van der Waals surface area contributed by atoms with Gasteiger partial charge in [0.25, 0.3) is 6.02 Å². The Balaban J connectivity index is 2.12. The number of hydrogen-bond donors (Lipinski definition) is 1. The lowest BCUT2D eigenvalue weighted by Gasteiger charge is -2.12. The molecule has 1 atom stereocenters. The van der Waals surface area contributed by atoms with Crippen molar-refractivity contribution in [2.24, 2.45) is 10.7 Å². The summed E-state index contributed by atoms with van der Waals surface area (Å²) in [6.45, 7) is 3.68. The second-order valence-corrected chi connectivity index (χ2v) is 3.30. The minimum atomic E-state index is -0.0518. The quantitative estimate of drug-likeness (QED) is 0.769. The van der Waals surface area contributed by atoms with Gasteiger partial charge in [-0.05, 0) is 6.42 Å². The summed E-state index contributed by atoms with van der Waals surface area (Å²) in [6.07, 6.45) is 4.65. The van der Waals surface area contributed by atoms with Crippen LogP contribution >= 0.6 is 0 Å². The molecule has 76 valence electrons. The van der Waals surface area contributed by atoms with Crippen LogP contribution in [0.15, 0.2) is 17.5 Å². The number of aliphatic imine (C=N–C) groups is 1. The van der Waals surface area contributed by atoms with E-state index in [2.05, 4.69) is 21.5 Å². The smallest absolute Gasteiger partial charge is 0.282 e. The van der Waals surface area contributed by atoms with E-state index in [0.717, 1.165) is 18.7 Å². The third-order valence-corrected chi connectivity index (χ3v) is 2.21. The summed E-state index contributed by atoms with van der Waals surface area (Å²) in [7, 11) is 0.